The van der Waals surface area contributed by atoms with E-state index in [0.29, 0.717) is 0 Å². The first-order valence-electron chi connectivity index (χ1n) is 3.93. The molecule has 0 unspecified atom stereocenters. The lowest BCUT2D eigenvalue weighted by atomic mass is 10.3. The summed E-state index contributed by atoms with van der Waals surface area (Å²) < 4.78 is 1.32. The summed E-state index contributed by atoms with van der Waals surface area (Å²) in [5, 5.41) is 3.73. The number of aromatic nitrogens is 2. The summed E-state index contributed by atoms with van der Waals surface area (Å²) in [4.78, 5) is 22.1. The molecule has 70 valence electrons. The molecule has 4 nitrogen and oxygen atoms in total. The van der Waals surface area contributed by atoms with Gasteiger partial charge in [-0.15, -0.1) is 5.10 Å². The molecular formula is C7H7ClN2O2S. The molecule has 1 aromatic rings. The first-order valence-corrected chi connectivity index (χ1v) is 5.12. The normalized spacial score (nSPS) is 16.1. The second kappa shape index (κ2) is 3.23. The van der Waals surface area contributed by atoms with E-state index in [2.05, 4.69) is 5.10 Å². The molecule has 6 heteroatoms. The van der Waals surface area contributed by atoms with E-state index in [4.69, 9.17) is 11.6 Å². The fraction of sp³-hybridized carbons (Fsp3) is 0.571. The number of hydrogen-bond acceptors (Lipinski definition) is 4. The SMILES string of the molecule is O=C(Cn1nc(Cl)sc1=O)C1CC1. The zero-order chi connectivity index (χ0) is 9.42. The average molecular weight is 219 g/mol. The maximum Gasteiger partial charge on any atom is 0.326 e. The van der Waals surface area contributed by atoms with Gasteiger partial charge in [0, 0.05) is 5.92 Å². The second-order valence-corrected chi connectivity index (χ2v) is 4.54. The predicted octanol–water partition coefficient (Wildman–Crippen LogP) is 0.937. The fourth-order valence-electron chi connectivity index (χ4n) is 1.06. The Balaban J connectivity index is 2.12. The Hall–Kier alpha value is -0.680. The number of ketones is 1. The van der Waals surface area contributed by atoms with E-state index in [9.17, 15) is 9.59 Å². The van der Waals surface area contributed by atoms with E-state index >= 15 is 0 Å². The Labute approximate surface area is 83.1 Å². The molecular weight excluding hydrogens is 212 g/mol. The Morgan fingerprint density at radius 2 is 2.38 bits per heavy atom. The Kier molecular flexibility index (Phi) is 2.21. The molecule has 0 radical (unpaired) electrons. The minimum Gasteiger partial charge on any atom is -0.297 e. The minimum atomic E-state index is -0.265. The summed E-state index contributed by atoms with van der Waals surface area (Å²) >= 11 is 6.37. The number of nitrogens with zero attached hydrogens (tertiary/aromatic N) is 2. The van der Waals surface area contributed by atoms with Gasteiger partial charge in [-0.05, 0) is 35.8 Å². The van der Waals surface area contributed by atoms with Crippen molar-refractivity contribution in [2.45, 2.75) is 19.4 Å². The van der Waals surface area contributed by atoms with Crippen LogP contribution in [0.3, 0.4) is 0 Å². The maximum atomic E-state index is 11.3. The van der Waals surface area contributed by atoms with E-state index in [0.717, 1.165) is 28.9 Å². The number of carbonyl (C=O) groups excluding carboxylic acids is 1. The maximum absolute atomic E-state index is 11.3. The standard InChI is InChI=1S/C7H7ClN2O2S/c8-6-9-10(7(12)13-6)3-5(11)4-1-2-4/h4H,1-3H2. The van der Waals surface area contributed by atoms with Crippen LogP contribution in [0.4, 0.5) is 0 Å². The summed E-state index contributed by atoms with van der Waals surface area (Å²) in [7, 11) is 0. The molecule has 13 heavy (non-hydrogen) atoms. The molecule has 0 saturated heterocycles. The predicted molar refractivity (Wildman–Crippen MR) is 49.1 cm³/mol. The van der Waals surface area contributed by atoms with Crippen molar-refractivity contribution in [2.75, 3.05) is 0 Å². The monoisotopic (exact) mass is 218 g/mol. The third-order valence-corrected chi connectivity index (χ3v) is 2.86. The third-order valence-electron chi connectivity index (χ3n) is 1.92. The van der Waals surface area contributed by atoms with Gasteiger partial charge in [0.25, 0.3) is 0 Å². The lowest BCUT2D eigenvalue weighted by Gasteiger charge is -1.95. The van der Waals surface area contributed by atoms with Gasteiger partial charge >= 0.3 is 4.87 Å². The highest BCUT2D eigenvalue weighted by Crippen LogP contribution is 2.30. The van der Waals surface area contributed by atoms with Crippen LogP contribution in [-0.2, 0) is 11.3 Å². The van der Waals surface area contributed by atoms with E-state index in [1.54, 1.807) is 0 Å². The summed E-state index contributed by atoms with van der Waals surface area (Å²) in [6, 6.07) is 0. The summed E-state index contributed by atoms with van der Waals surface area (Å²) in [6.45, 7) is 0.0761. The quantitative estimate of drug-likeness (QED) is 0.759. The van der Waals surface area contributed by atoms with Crippen molar-refractivity contribution < 1.29 is 4.79 Å². The van der Waals surface area contributed by atoms with Crippen LogP contribution in [0.25, 0.3) is 0 Å². The zero-order valence-electron chi connectivity index (χ0n) is 6.70. The second-order valence-electron chi connectivity index (χ2n) is 3.02. The summed E-state index contributed by atoms with van der Waals surface area (Å²) in [5.74, 6) is 0.247. The van der Waals surface area contributed by atoms with Gasteiger partial charge in [-0.25, -0.2) is 4.68 Å². The highest BCUT2D eigenvalue weighted by Gasteiger charge is 2.29. The molecule has 0 bridgehead atoms. The van der Waals surface area contributed by atoms with Crippen LogP contribution in [0.15, 0.2) is 4.79 Å². The smallest absolute Gasteiger partial charge is 0.297 e. The number of halogens is 1. The van der Waals surface area contributed by atoms with Gasteiger partial charge in [0.2, 0.25) is 4.47 Å². The van der Waals surface area contributed by atoms with Crippen molar-refractivity contribution in [3.63, 3.8) is 0 Å². The summed E-state index contributed by atoms with van der Waals surface area (Å²) in [5.41, 5.74) is 0. The van der Waals surface area contributed by atoms with Gasteiger partial charge in [-0.1, -0.05) is 0 Å². The molecule has 0 amide bonds. The van der Waals surface area contributed by atoms with Crippen LogP contribution in [0.5, 0.6) is 0 Å². The largest absolute Gasteiger partial charge is 0.326 e. The zero-order valence-corrected chi connectivity index (χ0v) is 8.27. The number of carbonyl (C=O) groups is 1. The van der Waals surface area contributed by atoms with E-state index in [-0.39, 0.29) is 27.6 Å². The van der Waals surface area contributed by atoms with Crippen LogP contribution in [0, 0.1) is 5.92 Å². The highest BCUT2D eigenvalue weighted by atomic mass is 35.5. The molecule has 0 aromatic carbocycles. The first kappa shape index (κ1) is 8.90. The molecule has 1 heterocycles. The van der Waals surface area contributed by atoms with Crippen molar-refractivity contribution >= 4 is 28.7 Å². The average Bonchev–Trinajstić information content (AvgIpc) is 2.81. The van der Waals surface area contributed by atoms with Gasteiger partial charge in [0.05, 0.1) is 0 Å². The number of hydrogen-bond donors (Lipinski definition) is 0. The minimum absolute atomic E-state index is 0.0761. The van der Waals surface area contributed by atoms with E-state index in [1.165, 1.54) is 0 Å². The highest BCUT2D eigenvalue weighted by molar-refractivity contribution is 7.13. The van der Waals surface area contributed by atoms with Crippen LogP contribution >= 0.6 is 22.9 Å². The Morgan fingerprint density at radius 3 is 2.85 bits per heavy atom. The number of rotatable bonds is 3. The lowest BCUT2D eigenvalue weighted by molar-refractivity contribution is -0.121. The van der Waals surface area contributed by atoms with Gasteiger partial charge in [-0.3, -0.25) is 9.59 Å². The van der Waals surface area contributed by atoms with Gasteiger partial charge < -0.3 is 0 Å². The molecule has 0 N–H and O–H groups in total. The summed E-state index contributed by atoms with van der Waals surface area (Å²) in [6.07, 6.45) is 1.90. The molecule has 1 saturated carbocycles. The molecule has 2 rings (SSSR count). The molecule has 0 aliphatic heterocycles. The van der Waals surface area contributed by atoms with Crippen LogP contribution in [-0.4, -0.2) is 15.6 Å². The van der Waals surface area contributed by atoms with Gasteiger partial charge in [-0.2, -0.15) is 0 Å². The van der Waals surface area contributed by atoms with Crippen molar-refractivity contribution in [1.29, 1.82) is 0 Å². The number of Topliss-reactive ketones (excluding diaryl/α,β-unsaturated/α-hetero) is 1. The topological polar surface area (TPSA) is 52.0 Å². The van der Waals surface area contributed by atoms with Crippen LogP contribution in [0.1, 0.15) is 12.8 Å². The molecule has 1 fully saturated rings. The van der Waals surface area contributed by atoms with Crippen molar-refractivity contribution in [2.24, 2.45) is 5.92 Å². The molecule has 1 aliphatic carbocycles. The fourth-order valence-corrected chi connectivity index (χ4v) is 1.85. The Morgan fingerprint density at radius 1 is 1.69 bits per heavy atom. The van der Waals surface area contributed by atoms with Gasteiger partial charge in [0.1, 0.15) is 6.54 Å². The molecule has 1 aliphatic rings. The van der Waals surface area contributed by atoms with Crippen LogP contribution < -0.4 is 4.87 Å². The van der Waals surface area contributed by atoms with Crippen LogP contribution in [0.2, 0.25) is 4.47 Å². The van der Waals surface area contributed by atoms with Gasteiger partial charge in [0.15, 0.2) is 5.78 Å². The first-order chi connectivity index (χ1) is 6.16. The Bertz CT molecular complexity index is 393. The molecule has 0 atom stereocenters. The molecule has 0 spiro atoms. The van der Waals surface area contributed by atoms with Crippen molar-refractivity contribution in [3.8, 4) is 0 Å². The van der Waals surface area contributed by atoms with E-state index < -0.39 is 0 Å². The lowest BCUT2D eigenvalue weighted by Crippen LogP contribution is -2.21. The van der Waals surface area contributed by atoms with Crippen molar-refractivity contribution in [3.05, 3.63) is 14.1 Å². The third kappa shape index (κ3) is 1.97. The van der Waals surface area contributed by atoms with E-state index in [1.807, 2.05) is 0 Å². The molecule has 1 aromatic heterocycles. The van der Waals surface area contributed by atoms with Crippen molar-refractivity contribution in [1.82, 2.24) is 9.78 Å².